The SMILES string of the molecule is [C-]#[N+]c1ccc(-c2ccc3c(c2)c2ccccc2n3-c2cccc(C#N)c2-c2c(-c3ccc(C(F)(F)F)cc3[N+]#[C-])cccc2-n2c3ccccc3c3cc(-c4ccc(C#N)cc4)ccc32)cc1. The highest BCUT2D eigenvalue weighted by Gasteiger charge is 2.32. The summed E-state index contributed by atoms with van der Waals surface area (Å²) in [6.45, 7) is 15.6. The summed E-state index contributed by atoms with van der Waals surface area (Å²) in [5, 5.41) is 24.4. The van der Waals surface area contributed by atoms with Gasteiger partial charge in [0.25, 0.3) is 0 Å². The van der Waals surface area contributed by atoms with E-state index in [1.165, 1.54) is 6.07 Å². The average Bonchev–Trinajstić information content (AvgIpc) is 3.89. The Morgan fingerprint density at radius 1 is 0.441 bits per heavy atom. The molecule has 2 heterocycles. The number of para-hydroxylation sites is 2. The molecule has 0 aliphatic carbocycles. The van der Waals surface area contributed by atoms with Gasteiger partial charge in [0, 0.05) is 38.2 Å². The van der Waals surface area contributed by atoms with Crippen molar-refractivity contribution in [2.75, 3.05) is 0 Å². The number of nitrogens with zero attached hydrogens (tertiary/aromatic N) is 6. The normalized spacial score (nSPS) is 11.4. The molecule has 6 nitrogen and oxygen atoms in total. The molecule has 0 aliphatic rings. The van der Waals surface area contributed by atoms with Gasteiger partial charge < -0.3 is 9.13 Å². The van der Waals surface area contributed by atoms with E-state index in [9.17, 15) is 23.7 Å². The maximum atomic E-state index is 14.2. The number of halogens is 3. The molecule has 2 aromatic heterocycles. The van der Waals surface area contributed by atoms with Crippen LogP contribution in [-0.4, -0.2) is 9.13 Å². The molecule has 11 aromatic rings. The van der Waals surface area contributed by atoms with Crippen LogP contribution in [0, 0.1) is 35.8 Å². The van der Waals surface area contributed by atoms with Crippen LogP contribution in [0.5, 0.6) is 0 Å². The van der Waals surface area contributed by atoms with Crippen LogP contribution in [-0.2, 0) is 6.18 Å². The lowest BCUT2D eigenvalue weighted by Gasteiger charge is -2.23. The van der Waals surface area contributed by atoms with Crippen molar-refractivity contribution in [2.24, 2.45) is 0 Å². The van der Waals surface area contributed by atoms with Crippen LogP contribution in [0.4, 0.5) is 24.5 Å². The predicted molar refractivity (Wildman–Crippen MR) is 264 cm³/mol. The second-order valence-electron chi connectivity index (χ2n) is 16.4. The zero-order valence-corrected chi connectivity index (χ0v) is 35.7. The van der Waals surface area contributed by atoms with Crippen molar-refractivity contribution in [1.29, 1.82) is 10.5 Å². The van der Waals surface area contributed by atoms with Crippen molar-refractivity contribution in [2.45, 2.75) is 6.18 Å². The molecule has 11 rings (SSSR count). The fraction of sp³-hybridized carbons (Fsp3) is 0.0169. The van der Waals surface area contributed by atoms with Gasteiger partial charge in [0.15, 0.2) is 11.4 Å². The number of hydrogen-bond acceptors (Lipinski definition) is 2. The van der Waals surface area contributed by atoms with Crippen molar-refractivity contribution in [3.63, 3.8) is 0 Å². The van der Waals surface area contributed by atoms with Gasteiger partial charge in [0.2, 0.25) is 0 Å². The van der Waals surface area contributed by atoms with Crippen LogP contribution in [0.25, 0.3) is 109 Å². The number of benzene rings is 9. The molecule has 318 valence electrons. The van der Waals surface area contributed by atoms with Gasteiger partial charge in [0.05, 0.1) is 69.9 Å². The summed E-state index contributed by atoms with van der Waals surface area (Å²) in [5.41, 5.74) is 10.6. The highest BCUT2D eigenvalue weighted by molar-refractivity contribution is 6.14. The van der Waals surface area contributed by atoms with Crippen LogP contribution in [0.2, 0.25) is 0 Å². The molecule has 0 atom stereocenters. The van der Waals surface area contributed by atoms with Crippen molar-refractivity contribution < 1.29 is 13.2 Å². The third-order valence-electron chi connectivity index (χ3n) is 12.7. The second-order valence-corrected chi connectivity index (χ2v) is 16.4. The molecule has 0 saturated carbocycles. The summed E-state index contributed by atoms with van der Waals surface area (Å²) in [6.07, 6.45) is -4.68. The van der Waals surface area contributed by atoms with Crippen molar-refractivity contribution >= 4 is 55.0 Å². The first-order valence-electron chi connectivity index (χ1n) is 21.5. The van der Waals surface area contributed by atoms with Gasteiger partial charge in [-0.25, -0.2) is 9.69 Å². The van der Waals surface area contributed by atoms with Crippen LogP contribution in [0.15, 0.2) is 188 Å². The Labute approximate surface area is 388 Å². The quantitative estimate of drug-likeness (QED) is 0.156. The van der Waals surface area contributed by atoms with E-state index in [0.717, 1.165) is 78.0 Å². The fourth-order valence-electron chi connectivity index (χ4n) is 9.61. The molecule has 0 amide bonds. The number of nitriles is 2. The lowest BCUT2D eigenvalue weighted by molar-refractivity contribution is -0.137. The molecule has 0 fully saturated rings. The van der Waals surface area contributed by atoms with Crippen molar-refractivity contribution in [3.8, 4) is 68.0 Å². The van der Waals surface area contributed by atoms with Gasteiger partial charge in [-0.2, -0.15) is 23.7 Å². The Morgan fingerprint density at radius 2 is 0.971 bits per heavy atom. The largest absolute Gasteiger partial charge is 0.415 e. The first kappa shape index (κ1) is 41.1. The molecule has 0 aliphatic heterocycles. The molecule has 0 N–H and O–H groups in total. The number of rotatable bonds is 6. The maximum absolute atomic E-state index is 14.2. The summed E-state index contributed by atoms with van der Waals surface area (Å²) < 4.78 is 47.0. The van der Waals surface area contributed by atoms with Crippen LogP contribution >= 0.6 is 0 Å². The van der Waals surface area contributed by atoms with E-state index < -0.39 is 11.7 Å². The standard InChI is InChI=1S/C59H31F3N6/c1-65-43-26-21-38(22-27-43)40-24-29-53-48(32-40)45-10-3-5-13-51(45)67(53)55-15-7-9-41(35-64)57(55)58-47(44-28-25-42(59(60,61)62)33-50(44)66-2)12-8-16-56(58)68-52-14-6-4-11-46(52)49-31-39(23-30-54(49)68)37-19-17-36(34-63)18-20-37/h3-33H. The Bertz CT molecular complexity index is 4050. The van der Waals surface area contributed by atoms with Crippen LogP contribution in [0.1, 0.15) is 16.7 Å². The summed E-state index contributed by atoms with van der Waals surface area (Å²) in [4.78, 5) is 7.23. The van der Waals surface area contributed by atoms with Gasteiger partial charge in [-0.1, -0.05) is 115 Å². The zero-order valence-electron chi connectivity index (χ0n) is 35.7. The number of alkyl halides is 3. The molecular formula is C59H31F3N6. The highest BCUT2D eigenvalue weighted by Crippen LogP contribution is 2.49. The second kappa shape index (κ2) is 16.1. The van der Waals surface area contributed by atoms with E-state index in [1.54, 1.807) is 30.3 Å². The Hall–Kier alpha value is -9.67. The third-order valence-corrected chi connectivity index (χ3v) is 12.7. The first-order valence-corrected chi connectivity index (χ1v) is 21.5. The Balaban J connectivity index is 1.24. The smallest absolute Gasteiger partial charge is 0.309 e. The summed E-state index contributed by atoms with van der Waals surface area (Å²) in [5.74, 6) is 0. The molecule has 0 saturated heterocycles. The van der Waals surface area contributed by atoms with E-state index in [4.69, 9.17) is 13.1 Å². The van der Waals surface area contributed by atoms with E-state index in [2.05, 4.69) is 55.2 Å². The van der Waals surface area contributed by atoms with E-state index in [0.29, 0.717) is 44.9 Å². The predicted octanol–water partition coefficient (Wildman–Crippen LogP) is 16.4. The molecule has 0 radical (unpaired) electrons. The number of fused-ring (bicyclic) bond motifs is 6. The maximum Gasteiger partial charge on any atom is 0.415 e. The molecule has 0 bridgehead atoms. The Morgan fingerprint density at radius 3 is 1.51 bits per heavy atom. The minimum atomic E-state index is -4.68. The Kier molecular flexibility index (Phi) is 9.72. The fourth-order valence-corrected chi connectivity index (χ4v) is 9.61. The topological polar surface area (TPSA) is 66.2 Å². The minimum Gasteiger partial charge on any atom is -0.309 e. The molecule has 9 heteroatoms. The first-order chi connectivity index (χ1) is 33.2. The number of aromatic nitrogens is 2. The van der Waals surface area contributed by atoms with Crippen LogP contribution < -0.4 is 0 Å². The zero-order chi connectivity index (χ0) is 46.7. The monoisotopic (exact) mass is 880 g/mol. The van der Waals surface area contributed by atoms with E-state index in [1.807, 2.05) is 115 Å². The van der Waals surface area contributed by atoms with Crippen LogP contribution in [0.3, 0.4) is 0 Å². The van der Waals surface area contributed by atoms with Crippen molar-refractivity contribution in [3.05, 3.63) is 228 Å². The third kappa shape index (κ3) is 6.63. The van der Waals surface area contributed by atoms with E-state index >= 15 is 0 Å². The lowest BCUT2D eigenvalue weighted by Crippen LogP contribution is -2.06. The van der Waals surface area contributed by atoms with Gasteiger partial charge in [0.1, 0.15) is 0 Å². The summed E-state index contributed by atoms with van der Waals surface area (Å²) in [7, 11) is 0. The lowest BCUT2D eigenvalue weighted by atomic mass is 9.88. The molecule has 0 spiro atoms. The summed E-state index contributed by atoms with van der Waals surface area (Å²) in [6, 6.07) is 62.3. The van der Waals surface area contributed by atoms with Gasteiger partial charge >= 0.3 is 6.18 Å². The summed E-state index contributed by atoms with van der Waals surface area (Å²) >= 11 is 0. The van der Waals surface area contributed by atoms with Gasteiger partial charge in [-0.05, 0) is 106 Å². The number of hydrogen-bond donors (Lipinski definition) is 0. The average molecular weight is 881 g/mol. The molecule has 9 aromatic carbocycles. The molecule has 0 unspecified atom stereocenters. The molecule has 68 heavy (non-hydrogen) atoms. The van der Waals surface area contributed by atoms with Crippen molar-refractivity contribution in [1.82, 2.24) is 9.13 Å². The molecular weight excluding hydrogens is 850 g/mol. The van der Waals surface area contributed by atoms with Gasteiger partial charge in [-0.15, -0.1) is 0 Å². The van der Waals surface area contributed by atoms with Gasteiger partial charge in [-0.3, -0.25) is 0 Å². The highest BCUT2D eigenvalue weighted by atomic mass is 19.4. The van der Waals surface area contributed by atoms with E-state index in [-0.39, 0.29) is 11.3 Å². The minimum absolute atomic E-state index is 0.183.